The van der Waals surface area contributed by atoms with Crippen LogP contribution in [-0.4, -0.2) is 53.1 Å². The molecule has 34 heavy (non-hydrogen) atoms. The summed E-state index contributed by atoms with van der Waals surface area (Å²) in [5, 5.41) is 5.75. The SMILES string of the molecule is O=C(COC1CC(OC(F)(F)F)C1)NC12CC(NC(=O)c3ccc4c(F)c(F)ccc4n3)(C1)C2. The largest absolute Gasteiger partial charge is 0.522 e. The Morgan fingerprint density at radius 2 is 1.68 bits per heavy atom. The number of fused-ring (bicyclic) bond motifs is 1. The van der Waals surface area contributed by atoms with E-state index < -0.39 is 47.2 Å². The van der Waals surface area contributed by atoms with Crippen molar-refractivity contribution in [3.05, 3.63) is 41.6 Å². The van der Waals surface area contributed by atoms with Gasteiger partial charge in [0.1, 0.15) is 12.3 Å². The summed E-state index contributed by atoms with van der Waals surface area (Å²) >= 11 is 0. The van der Waals surface area contributed by atoms with Gasteiger partial charge in [-0.2, -0.15) is 0 Å². The number of carbonyl (C=O) groups is 2. The molecule has 1 heterocycles. The molecular weight excluding hydrogens is 465 g/mol. The predicted molar refractivity (Wildman–Crippen MR) is 106 cm³/mol. The van der Waals surface area contributed by atoms with Crippen LogP contribution in [0.25, 0.3) is 10.9 Å². The molecule has 1 aromatic carbocycles. The molecule has 0 unspecified atom stereocenters. The van der Waals surface area contributed by atoms with E-state index >= 15 is 0 Å². The van der Waals surface area contributed by atoms with Gasteiger partial charge in [0, 0.05) is 29.3 Å². The lowest BCUT2D eigenvalue weighted by Gasteiger charge is -2.70. The van der Waals surface area contributed by atoms with Crippen molar-refractivity contribution in [2.24, 2.45) is 0 Å². The molecule has 12 heteroatoms. The summed E-state index contributed by atoms with van der Waals surface area (Å²) < 4.78 is 72.7. The molecule has 2 aromatic rings. The van der Waals surface area contributed by atoms with Crippen LogP contribution in [0, 0.1) is 11.6 Å². The average molecular weight is 485 g/mol. The highest BCUT2D eigenvalue weighted by Gasteiger charge is 2.69. The van der Waals surface area contributed by atoms with Gasteiger partial charge < -0.3 is 15.4 Å². The number of benzene rings is 1. The minimum atomic E-state index is -4.68. The maximum absolute atomic E-state index is 13.8. The molecule has 7 nitrogen and oxygen atoms in total. The highest BCUT2D eigenvalue weighted by atomic mass is 19.4. The first kappa shape index (κ1) is 22.9. The summed E-state index contributed by atoms with van der Waals surface area (Å²) in [7, 11) is 0. The number of alkyl halides is 3. The third kappa shape index (κ3) is 4.31. The second-order valence-electron chi connectivity index (χ2n) is 9.31. The monoisotopic (exact) mass is 485 g/mol. The summed E-state index contributed by atoms with van der Waals surface area (Å²) in [4.78, 5) is 28.9. The lowest BCUT2D eigenvalue weighted by atomic mass is 9.44. The van der Waals surface area contributed by atoms with Crippen molar-refractivity contribution in [2.75, 3.05) is 6.61 Å². The number of nitrogens with one attached hydrogen (secondary N) is 2. The Morgan fingerprint density at radius 1 is 1.00 bits per heavy atom. The van der Waals surface area contributed by atoms with Crippen LogP contribution in [0.4, 0.5) is 22.0 Å². The van der Waals surface area contributed by atoms with Gasteiger partial charge in [-0.05, 0) is 43.5 Å². The van der Waals surface area contributed by atoms with Gasteiger partial charge in [0.2, 0.25) is 5.91 Å². The Bertz CT molecular complexity index is 1150. The minimum Gasteiger partial charge on any atom is -0.368 e. The first-order valence-electron chi connectivity index (χ1n) is 10.7. The summed E-state index contributed by atoms with van der Waals surface area (Å²) in [6.45, 7) is -0.261. The third-order valence-electron chi connectivity index (χ3n) is 6.61. The number of pyridine rings is 1. The lowest BCUT2D eigenvalue weighted by molar-refractivity contribution is -0.357. The van der Waals surface area contributed by atoms with Gasteiger partial charge in [-0.3, -0.25) is 14.3 Å². The van der Waals surface area contributed by atoms with Crippen LogP contribution in [0.15, 0.2) is 24.3 Å². The van der Waals surface area contributed by atoms with E-state index in [9.17, 15) is 31.5 Å². The van der Waals surface area contributed by atoms with E-state index in [1.54, 1.807) is 0 Å². The number of carbonyl (C=O) groups excluding carboxylic acids is 2. The van der Waals surface area contributed by atoms with Crippen molar-refractivity contribution in [3.63, 3.8) is 0 Å². The fourth-order valence-corrected chi connectivity index (χ4v) is 5.09. The van der Waals surface area contributed by atoms with Crippen molar-refractivity contribution in [3.8, 4) is 0 Å². The van der Waals surface area contributed by atoms with Gasteiger partial charge >= 0.3 is 6.36 Å². The fraction of sp³-hybridized carbons (Fsp3) is 0.500. The number of aromatic nitrogens is 1. The highest BCUT2D eigenvalue weighted by molar-refractivity contribution is 5.96. The molecule has 0 atom stereocenters. The van der Waals surface area contributed by atoms with Crippen molar-refractivity contribution >= 4 is 22.7 Å². The van der Waals surface area contributed by atoms with Gasteiger partial charge in [0.15, 0.2) is 11.6 Å². The fourth-order valence-electron chi connectivity index (χ4n) is 5.09. The average Bonchev–Trinajstić information content (AvgIpc) is 2.68. The van der Waals surface area contributed by atoms with Crippen molar-refractivity contribution in [2.45, 2.75) is 61.8 Å². The summed E-state index contributed by atoms with van der Waals surface area (Å²) in [5.41, 5.74) is -0.669. The van der Waals surface area contributed by atoms with Crippen LogP contribution in [-0.2, 0) is 14.3 Å². The van der Waals surface area contributed by atoms with E-state index in [4.69, 9.17) is 4.74 Å². The standard InChI is InChI=1S/C22H20F5N3O4/c23-14-2-4-15-13(18(14)24)1-3-16(28-15)19(32)30-21-8-20(9-21,10-21)29-17(31)7-33-11-5-12(6-11)34-22(25,26)27/h1-4,11-12H,5-10H2,(H,29,31)(H,30,32). The molecular formula is C22H20F5N3O4. The topological polar surface area (TPSA) is 89.5 Å². The number of amides is 2. The van der Waals surface area contributed by atoms with Crippen LogP contribution in [0.2, 0.25) is 0 Å². The normalized spacial score (nSPS) is 29.6. The number of halogens is 5. The van der Waals surface area contributed by atoms with Crippen LogP contribution in [0.3, 0.4) is 0 Å². The van der Waals surface area contributed by atoms with E-state index in [2.05, 4.69) is 20.4 Å². The number of hydrogen-bond donors (Lipinski definition) is 2. The van der Waals surface area contributed by atoms with E-state index in [1.807, 2.05) is 0 Å². The maximum Gasteiger partial charge on any atom is 0.522 e. The van der Waals surface area contributed by atoms with Gasteiger partial charge in [0.25, 0.3) is 5.91 Å². The van der Waals surface area contributed by atoms with Crippen molar-refractivity contribution in [1.29, 1.82) is 0 Å². The Labute approximate surface area is 190 Å². The molecule has 0 aliphatic heterocycles. The molecule has 4 aliphatic carbocycles. The Hall–Kier alpha value is -2.86. The van der Waals surface area contributed by atoms with E-state index in [0.717, 1.165) is 6.07 Å². The van der Waals surface area contributed by atoms with Crippen LogP contribution < -0.4 is 10.6 Å². The maximum atomic E-state index is 13.8. The Morgan fingerprint density at radius 3 is 2.35 bits per heavy atom. The first-order chi connectivity index (χ1) is 15.9. The van der Waals surface area contributed by atoms with Crippen molar-refractivity contribution in [1.82, 2.24) is 15.6 Å². The zero-order valence-corrected chi connectivity index (χ0v) is 17.7. The third-order valence-corrected chi connectivity index (χ3v) is 6.61. The minimum absolute atomic E-state index is 0.0174. The quantitative estimate of drug-likeness (QED) is 0.589. The summed E-state index contributed by atoms with van der Waals surface area (Å²) in [6.07, 6.45) is -4.33. The second kappa shape index (κ2) is 7.84. The molecule has 0 saturated heterocycles. The molecule has 1 aromatic heterocycles. The van der Waals surface area contributed by atoms with Crippen LogP contribution in [0.5, 0.6) is 0 Å². The molecule has 4 fully saturated rings. The zero-order valence-electron chi connectivity index (χ0n) is 17.7. The number of rotatable bonds is 7. The van der Waals surface area contributed by atoms with E-state index in [0.29, 0.717) is 19.3 Å². The second-order valence-corrected chi connectivity index (χ2v) is 9.31. The first-order valence-corrected chi connectivity index (χ1v) is 10.7. The summed E-state index contributed by atoms with van der Waals surface area (Å²) in [5.74, 6) is -2.84. The van der Waals surface area contributed by atoms with Gasteiger partial charge in [0.05, 0.1) is 17.7 Å². The van der Waals surface area contributed by atoms with E-state index in [1.165, 1.54) is 18.2 Å². The molecule has 4 saturated carbocycles. The van der Waals surface area contributed by atoms with Crippen molar-refractivity contribution < 1.29 is 41.0 Å². The van der Waals surface area contributed by atoms with Crippen LogP contribution >= 0.6 is 0 Å². The Kier molecular flexibility index (Phi) is 5.28. The Balaban J connectivity index is 1.06. The molecule has 2 bridgehead atoms. The molecule has 0 radical (unpaired) electrons. The van der Waals surface area contributed by atoms with Gasteiger partial charge in [-0.25, -0.2) is 13.8 Å². The smallest absolute Gasteiger partial charge is 0.368 e. The van der Waals surface area contributed by atoms with Crippen LogP contribution in [0.1, 0.15) is 42.6 Å². The molecule has 2 amide bonds. The number of hydrogen-bond acceptors (Lipinski definition) is 5. The predicted octanol–water partition coefficient (Wildman–Crippen LogP) is 3.12. The number of ether oxygens (including phenoxy) is 2. The highest BCUT2D eigenvalue weighted by Crippen LogP contribution is 2.60. The zero-order chi connectivity index (χ0) is 24.3. The number of nitrogens with zero attached hydrogens (tertiary/aromatic N) is 1. The molecule has 4 aliphatic rings. The van der Waals surface area contributed by atoms with E-state index in [-0.39, 0.29) is 42.0 Å². The van der Waals surface area contributed by atoms with Gasteiger partial charge in [-0.15, -0.1) is 13.2 Å². The lowest BCUT2D eigenvalue weighted by Crippen LogP contribution is -2.84. The van der Waals surface area contributed by atoms with Gasteiger partial charge in [-0.1, -0.05) is 0 Å². The summed E-state index contributed by atoms with van der Waals surface area (Å²) in [6, 6.07) is 4.87. The molecule has 182 valence electrons. The molecule has 2 N–H and O–H groups in total. The molecule has 0 spiro atoms. The molecule has 6 rings (SSSR count).